The van der Waals surface area contributed by atoms with Gasteiger partial charge >= 0.3 is 0 Å². The van der Waals surface area contributed by atoms with Crippen molar-refractivity contribution in [3.8, 4) is 11.3 Å². The summed E-state index contributed by atoms with van der Waals surface area (Å²) in [6, 6.07) is 9.72. The molecule has 1 aromatic carbocycles. The predicted molar refractivity (Wildman–Crippen MR) is 99.7 cm³/mol. The van der Waals surface area contributed by atoms with Crippen LogP contribution >= 0.6 is 0 Å². The van der Waals surface area contributed by atoms with Gasteiger partial charge in [0.05, 0.1) is 4.90 Å². The lowest BCUT2D eigenvalue weighted by molar-refractivity contribution is 0.101. The van der Waals surface area contributed by atoms with Gasteiger partial charge in [0.15, 0.2) is 11.5 Å². The van der Waals surface area contributed by atoms with E-state index in [0.717, 1.165) is 4.31 Å². The van der Waals surface area contributed by atoms with Crippen LogP contribution in [0.1, 0.15) is 16.1 Å². The molecule has 0 saturated heterocycles. The van der Waals surface area contributed by atoms with Crippen molar-refractivity contribution in [3.05, 3.63) is 60.0 Å². The Morgan fingerprint density at radius 2 is 1.96 bits per heavy atom. The summed E-state index contributed by atoms with van der Waals surface area (Å²) in [4.78, 5) is 16.5. The number of pyridine rings is 1. The minimum Gasteiger partial charge on any atom is -0.355 e. The highest BCUT2D eigenvalue weighted by Crippen LogP contribution is 2.23. The Hall–Kier alpha value is -3.04. The van der Waals surface area contributed by atoms with Crippen molar-refractivity contribution < 1.29 is 17.7 Å². The van der Waals surface area contributed by atoms with E-state index in [1.165, 1.54) is 26.2 Å². The Bertz CT molecular complexity index is 1080. The van der Waals surface area contributed by atoms with Crippen molar-refractivity contribution in [2.24, 2.45) is 0 Å². The molecule has 0 fully saturated rings. The van der Waals surface area contributed by atoms with Gasteiger partial charge in [0.25, 0.3) is 5.91 Å². The maximum absolute atomic E-state index is 12.4. The molecule has 2 aromatic heterocycles. The summed E-state index contributed by atoms with van der Waals surface area (Å²) in [7, 11) is -0.714. The van der Waals surface area contributed by atoms with Crippen molar-refractivity contribution in [1.29, 1.82) is 0 Å². The highest BCUT2D eigenvalue weighted by Gasteiger charge is 2.21. The Labute approximate surface area is 156 Å². The fourth-order valence-electron chi connectivity index (χ4n) is 2.37. The Balaban J connectivity index is 1.84. The molecule has 0 atom stereocenters. The molecule has 0 radical (unpaired) electrons. The highest BCUT2D eigenvalue weighted by molar-refractivity contribution is 7.89. The second kappa shape index (κ2) is 7.29. The third kappa shape index (κ3) is 3.88. The molecule has 8 nitrogen and oxygen atoms in total. The zero-order valence-electron chi connectivity index (χ0n) is 15.0. The summed E-state index contributed by atoms with van der Waals surface area (Å²) in [6.45, 7) is 1.69. The van der Waals surface area contributed by atoms with Gasteiger partial charge in [0, 0.05) is 43.8 Å². The van der Waals surface area contributed by atoms with Gasteiger partial charge < -0.3 is 9.84 Å². The maximum Gasteiger partial charge on any atom is 0.277 e. The molecule has 0 spiro atoms. The number of aryl methyl sites for hydroxylation is 1. The molecule has 0 bridgehead atoms. The van der Waals surface area contributed by atoms with E-state index >= 15 is 0 Å². The zero-order chi connectivity index (χ0) is 19.6. The van der Waals surface area contributed by atoms with Crippen molar-refractivity contribution in [2.45, 2.75) is 11.8 Å². The van der Waals surface area contributed by atoms with E-state index in [1.807, 2.05) is 0 Å². The summed E-state index contributed by atoms with van der Waals surface area (Å²) >= 11 is 0. The Kier molecular flexibility index (Phi) is 5.06. The van der Waals surface area contributed by atoms with Gasteiger partial charge in [-0.05, 0) is 36.8 Å². The number of sulfonamides is 1. The lowest BCUT2D eigenvalue weighted by atomic mass is 10.2. The number of aromatic nitrogens is 2. The van der Waals surface area contributed by atoms with Crippen LogP contribution in [0.4, 0.5) is 5.69 Å². The third-order valence-corrected chi connectivity index (χ3v) is 5.85. The molecule has 27 heavy (non-hydrogen) atoms. The van der Waals surface area contributed by atoms with Crippen LogP contribution in [0, 0.1) is 6.92 Å². The zero-order valence-corrected chi connectivity index (χ0v) is 15.8. The normalized spacial score (nSPS) is 11.6. The van der Waals surface area contributed by atoms with Crippen molar-refractivity contribution in [3.63, 3.8) is 0 Å². The molecule has 0 aliphatic carbocycles. The minimum atomic E-state index is -3.62. The molecule has 9 heteroatoms. The number of carbonyl (C=O) groups excluding carboxylic acids is 1. The van der Waals surface area contributed by atoms with E-state index < -0.39 is 15.9 Å². The molecule has 3 rings (SSSR count). The monoisotopic (exact) mass is 386 g/mol. The average Bonchev–Trinajstić information content (AvgIpc) is 3.14. The lowest BCUT2D eigenvalue weighted by Crippen LogP contribution is -2.23. The molecule has 3 aromatic rings. The van der Waals surface area contributed by atoms with Crippen LogP contribution in [0.5, 0.6) is 0 Å². The van der Waals surface area contributed by atoms with Crippen LogP contribution in [0.15, 0.2) is 58.2 Å². The van der Waals surface area contributed by atoms with Crippen LogP contribution < -0.4 is 5.32 Å². The first-order valence-electron chi connectivity index (χ1n) is 8.00. The van der Waals surface area contributed by atoms with Gasteiger partial charge in [0.1, 0.15) is 0 Å². The first-order chi connectivity index (χ1) is 12.8. The Morgan fingerprint density at radius 1 is 1.19 bits per heavy atom. The fourth-order valence-corrected chi connectivity index (χ4v) is 3.52. The molecular weight excluding hydrogens is 368 g/mol. The number of hydrogen-bond donors (Lipinski definition) is 1. The second-order valence-electron chi connectivity index (χ2n) is 6.04. The summed E-state index contributed by atoms with van der Waals surface area (Å²) in [5, 5.41) is 6.41. The molecule has 0 aliphatic heterocycles. The summed E-state index contributed by atoms with van der Waals surface area (Å²) in [5.41, 5.74) is 1.70. The molecule has 140 valence electrons. The van der Waals surface area contributed by atoms with Gasteiger partial charge in [-0.15, -0.1) is 0 Å². The highest BCUT2D eigenvalue weighted by atomic mass is 32.2. The number of hydrogen-bond acceptors (Lipinski definition) is 6. The summed E-state index contributed by atoms with van der Waals surface area (Å²) < 4.78 is 31.1. The number of nitrogens with zero attached hydrogens (tertiary/aromatic N) is 3. The second-order valence-corrected chi connectivity index (χ2v) is 8.16. The van der Waals surface area contributed by atoms with E-state index in [4.69, 9.17) is 4.52 Å². The predicted octanol–water partition coefficient (Wildman–Crippen LogP) is 2.55. The first kappa shape index (κ1) is 18.7. The van der Waals surface area contributed by atoms with Gasteiger partial charge in [-0.1, -0.05) is 11.2 Å². The Morgan fingerprint density at radius 3 is 2.63 bits per heavy atom. The van der Waals surface area contributed by atoms with E-state index in [2.05, 4.69) is 15.5 Å². The molecule has 0 saturated carbocycles. The number of rotatable bonds is 5. The number of nitrogens with one attached hydrogen (secondary N) is 1. The SMILES string of the molecule is Cc1ccc(NC(=O)c2cc(-c3cccnc3)on2)cc1S(=O)(=O)N(C)C. The molecule has 1 N–H and O–H groups in total. The molecule has 0 unspecified atom stereocenters. The number of carbonyl (C=O) groups is 1. The standard InChI is InChI=1S/C18H18N4O4S/c1-12-6-7-14(9-17(12)27(24,25)22(2)3)20-18(23)15-10-16(26-21-15)13-5-4-8-19-11-13/h4-11H,1-3H3,(H,20,23). The van der Waals surface area contributed by atoms with E-state index in [9.17, 15) is 13.2 Å². The van der Waals surface area contributed by atoms with E-state index in [1.54, 1.807) is 43.6 Å². The smallest absolute Gasteiger partial charge is 0.277 e. The first-order valence-corrected chi connectivity index (χ1v) is 9.44. The van der Waals surface area contributed by atoms with Gasteiger partial charge in [-0.25, -0.2) is 12.7 Å². The van der Waals surface area contributed by atoms with Gasteiger partial charge in [-0.3, -0.25) is 9.78 Å². The van der Waals surface area contributed by atoms with Crippen LogP contribution in [0.25, 0.3) is 11.3 Å². The quantitative estimate of drug-likeness (QED) is 0.722. The lowest BCUT2D eigenvalue weighted by Gasteiger charge is -2.14. The number of benzene rings is 1. The molecule has 2 heterocycles. The minimum absolute atomic E-state index is 0.0754. The fraction of sp³-hybridized carbons (Fsp3) is 0.167. The summed E-state index contributed by atoms with van der Waals surface area (Å²) in [6.07, 6.45) is 3.23. The summed E-state index contributed by atoms with van der Waals surface area (Å²) in [5.74, 6) is -0.0982. The van der Waals surface area contributed by atoms with Gasteiger partial charge in [-0.2, -0.15) is 0 Å². The maximum atomic E-state index is 12.4. The van der Waals surface area contributed by atoms with Gasteiger partial charge in [0.2, 0.25) is 10.0 Å². The number of anilines is 1. The van der Waals surface area contributed by atoms with Crippen LogP contribution in [-0.2, 0) is 10.0 Å². The van der Waals surface area contributed by atoms with E-state index in [0.29, 0.717) is 22.6 Å². The molecule has 0 aliphatic rings. The average molecular weight is 386 g/mol. The van der Waals surface area contributed by atoms with Crippen LogP contribution in [0.2, 0.25) is 0 Å². The van der Waals surface area contributed by atoms with Crippen LogP contribution in [0.3, 0.4) is 0 Å². The largest absolute Gasteiger partial charge is 0.355 e. The number of amides is 1. The van der Waals surface area contributed by atoms with Crippen molar-refractivity contribution >= 4 is 21.6 Å². The molecule has 1 amide bonds. The molecular formula is C18H18N4O4S. The topological polar surface area (TPSA) is 105 Å². The third-order valence-electron chi connectivity index (χ3n) is 3.89. The van der Waals surface area contributed by atoms with Crippen molar-refractivity contribution in [2.75, 3.05) is 19.4 Å². The van der Waals surface area contributed by atoms with Crippen molar-refractivity contribution in [1.82, 2.24) is 14.4 Å². The van der Waals surface area contributed by atoms with Crippen LogP contribution in [-0.4, -0.2) is 42.9 Å². The van der Waals surface area contributed by atoms with E-state index in [-0.39, 0.29) is 10.6 Å².